The van der Waals surface area contributed by atoms with Crippen LogP contribution in [0.25, 0.3) is 0 Å². The molecule has 1 saturated heterocycles. The highest BCUT2D eigenvalue weighted by Crippen LogP contribution is 2.30. The molecule has 3 rings (SSSR count). The van der Waals surface area contributed by atoms with Crippen molar-refractivity contribution in [1.82, 2.24) is 5.32 Å². The molecule has 110 valence electrons. The van der Waals surface area contributed by atoms with Crippen LogP contribution in [-0.2, 0) is 15.9 Å². The molecular weight excluding hydrogens is 254 g/mol. The Balaban J connectivity index is 1.82. The average Bonchev–Trinajstić information content (AvgIpc) is 2.53. The molecule has 1 aromatic rings. The lowest BCUT2D eigenvalue weighted by Gasteiger charge is -2.32. The fraction of sp³-hybridized carbons (Fsp3) is 0.625. The Morgan fingerprint density at radius 1 is 1.30 bits per heavy atom. The van der Waals surface area contributed by atoms with Crippen molar-refractivity contribution in [3.05, 3.63) is 29.3 Å². The normalized spacial score (nSPS) is 23.8. The SMILES string of the molecule is CCNC(c1ccc2c(c1)CCCO2)C1COCCO1. The summed E-state index contributed by atoms with van der Waals surface area (Å²) in [6.07, 6.45) is 2.29. The van der Waals surface area contributed by atoms with E-state index in [0.29, 0.717) is 19.8 Å². The van der Waals surface area contributed by atoms with E-state index in [9.17, 15) is 0 Å². The monoisotopic (exact) mass is 277 g/mol. The summed E-state index contributed by atoms with van der Waals surface area (Å²) in [4.78, 5) is 0. The maximum atomic E-state index is 5.87. The molecule has 1 fully saturated rings. The van der Waals surface area contributed by atoms with Crippen molar-refractivity contribution in [1.29, 1.82) is 0 Å². The van der Waals surface area contributed by atoms with E-state index in [1.807, 2.05) is 0 Å². The van der Waals surface area contributed by atoms with Gasteiger partial charge in [0.1, 0.15) is 11.9 Å². The van der Waals surface area contributed by atoms with Crippen molar-refractivity contribution in [2.45, 2.75) is 31.9 Å². The molecule has 0 saturated carbocycles. The first-order valence-corrected chi connectivity index (χ1v) is 7.57. The van der Waals surface area contributed by atoms with E-state index in [1.54, 1.807) is 0 Å². The lowest BCUT2D eigenvalue weighted by molar-refractivity contribution is -0.102. The molecule has 0 amide bonds. The van der Waals surface area contributed by atoms with Gasteiger partial charge in [0, 0.05) is 0 Å². The Hall–Kier alpha value is -1.10. The standard InChI is InChI=1S/C16H23NO3/c1-2-17-16(15-11-18-8-9-20-15)13-5-6-14-12(10-13)4-3-7-19-14/h5-6,10,15-17H,2-4,7-9,11H2,1H3. The fourth-order valence-electron chi connectivity index (χ4n) is 2.96. The predicted molar refractivity (Wildman–Crippen MR) is 77.2 cm³/mol. The third-order valence-electron chi connectivity index (χ3n) is 3.93. The first-order chi connectivity index (χ1) is 9.88. The Bertz CT molecular complexity index is 443. The number of aryl methyl sites for hydroxylation is 1. The van der Waals surface area contributed by atoms with E-state index < -0.39 is 0 Å². The molecular formula is C16H23NO3. The van der Waals surface area contributed by atoms with Crippen molar-refractivity contribution in [3.8, 4) is 5.75 Å². The molecule has 2 atom stereocenters. The maximum absolute atomic E-state index is 5.87. The van der Waals surface area contributed by atoms with Gasteiger partial charge in [-0.05, 0) is 36.6 Å². The summed E-state index contributed by atoms with van der Waals surface area (Å²) in [5.74, 6) is 1.04. The lowest BCUT2D eigenvalue weighted by atomic mass is 9.96. The van der Waals surface area contributed by atoms with Crippen LogP contribution in [0.2, 0.25) is 0 Å². The molecule has 2 unspecified atom stereocenters. The van der Waals surface area contributed by atoms with Gasteiger partial charge in [-0.1, -0.05) is 19.1 Å². The Morgan fingerprint density at radius 3 is 3.05 bits per heavy atom. The summed E-state index contributed by atoms with van der Waals surface area (Å²) in [7, 11) is 0. The zero-order valence-electron chi connectivity index (χ0n) is 12.1. The van der Waals surface area contributed by atoms with Crippen LogP contribution in [0.1, 0.15) is 30.5 Å². The van der Waals surface area contributed by atoms with Crippen molar-refractivity contribution < 1.29 is 14.2 Å². The number of nitrogens with one attached hydrogen (secondary N) is 1. The number of hydrogen-bond donors (Lipinski definition) is 1. The van der Waals surface area contributed by atoms with Gasteiger partial charge in [-0.2, -0.15) is 0 Å². The third-order valence-corrected chi connectivity index (χ3v) is 3.93. The van der Waals surface area contributed by atoms with Gasteiger partial charge in [0.05, 0.1) is 32.5 Å². The summed E-state index contributed by atoms with van der Waals surface area (Å²) >= 11 is 0. The van der Waals surface area contributed by atoms with Crippen LogP contribution in [0.4, 0.5) is 0 Å². The van der Waals surface area contributed by atoms with Crippen LogP contribution in [0.15, 0.2) is 18.2 Å². The second-order valence-corrected chi connectivity index (χ2v) is 5.34. The molecule has 4 heteroatoms. The summed E-state index contributed by atoms with van der Waals surface area (Å²) < 4.78 is 17.1. The van der Waals surface area contributed by atoms with Crippen molar-refractivity contribution in [3.63, 3.8) is 0 Å². The minimum Gasteiger partial charge on any atom is -0.493 e. The van der Waals surface area contributed by atoms with Gasteiger partial charge in [-0.15, -0.1) is 0 Å². The van der Waals surface area contributed by atoms with Gasteiger partial charge >= 0.3 is 0 Å². The molecule has 0 aromatic heterocycles. The van der Waals surface area contributed by atoms with Gasteiger partial charge in [0.25, 0.3) is 0 Å². The van der Waals surface area contributed by atoms with Gasteiger partial charge in [0.2, 0.25) is 0 Å². The summed E-state index contributed by atoms with van der Waals surface area (Å²) in [6, 6.07) is 6.69. The predicted octanol–water partition coefficient (Wildman–Crippen LogP) is 2.08. The molecule has 0 radical (unpaired) electrons. The van der Waals surface area contributed by atoms with Crippen LogP contribution >= 0.6 is 0 Å². The summed E-state index contributed by atoms with van der Waals surface area (Å²) in [5.41, 5.74) is 2.58. The minimum atomic E-state index is 0.0891. The Morgan fingerprint density at radius 2 is 2.25 bits per heavy atom. The van der Waals surface area contributed by atoms with Crippen LogP contribution in [0.3, 0.4) is 0 Å². The number of rotatable bonds is 4. The molecule has 2 heterocycles. The quantitative estimate of drug-likeness (QED) is 0.914. The molecule has 0 bridgehead atoms. The number of hydrogen-bond acceptors (Lipinski definition) is 4. The molecule has 4 nitrogen and oxygen atoms in total. The average molecular weight is 277 g/mol. The van der Waals surface area contributed by atoms with Crippen LogP contribution in [-0.4, -0.2) is 39.1 Å². The van der Waals surface area contributed by atoms with E-state index in [-0.39, 0.29) is 12.1 Å². The van der Waals surface area contributed by atoms with Crippen LogP contribution < -0.4 is 10.1 Å². The maximum Gasteiger partial charge on any atom is 0.122 e. The first-order valence-electron chi connectivity index (χ1n) is 7.57. The molecule has 20 heavy (non-hydrogen) atoms. The second-order valence-electron chi connectivity index (χ2n) is 5.34. The zero-order chi connectivity index (χ0) is 13.8. The van der Waals surface area contributed by atoms with Crippen molar-refractivity contribution in [2.24, 2.45) is 0 Å². The molecule has 1 aromatic carbocycles. The smallest absolute Gasteiger partial charge is 0.122 e. The minimum absolute atomic E-state index is 0.0891. The van der Waals surface area contributed by atoms with E-state index in [1.165, 1.54) is 11.1 Å². The highest BCUT2D eigenvalue weighted by Gasteiger charge is 2.26. The van der Waals surface area contributed by atoms with E-state index in [0.717, 1.165) is 31.7 Å². The van der Waals surface area contributed by atoms with Gasteiger partial charge in [0.15, 0.2) is 0 Å². The third kappa shape index (κ3) is 2.97. The number of ether oxygens (including phenoxy) is 3. The topological polar surface area (TPSA) is 39.7 Å². The molecule has 2 aliphatic heterocycles. The van der Waals surface area contributed by atoms with Gasteiger partial charge < -0.3 is 19.5 Å². The van der Waals surface area contributed by atoms with E-state index >= 15 is 0 Å². The molecule has 2 aliphatic rings. The zero-order valence-corrected chi connectivity index (χ0v) is 12.1. The second kappa shape index (κ2) is 6.57. The van der Waals surface area contributed by atoms with Crippen LogP contribution in [0, 0.1) is 0 Å². The van der Waals surface area contributed by atoms with Crippen molar-refractivity contribution in [2.75, 3.05) is 33.0 Å². The lowest BCUT2D eigenvalue weighted by Crippen LogP contribution is -2.40. The number of benzene rings is 1. The molecule has 1 N–H and O–H groups in total. The van der Waals surface area contributed by atoms with Gasteiger partial charge in [-0.3, -0.25) is 0 Å². The van der Waals surface area contributed by atoms with Crippen LogP contribution in [0.5, 0.6) is 5.75 Å². The summed E-state index contributed by atoms with van der Waals surface area (Å²) in [6.45, 7) is 5.91. The highest BCUT2D eigenvalue weighted by atomic mass is 16.6. The van der Waals surface area contributed by atoms with Gasteiger partial charge in [-0.25, -0.2) is 0 Å². The number of likely N-dealkylation sites (N-methyl/N-ethyl adjacent to an activating group) is 1. The van der Waals surface area contributed by atoms with E-state index in [2.05, 4.69) is 30.4 Å². The molecule has 0 spiro atoms. The Kier molecular flexibility index (Phi) is 4.55. The Labute approximate surface area is 120 Å². The fourth-order valence-corrected chi connectivity index (χ4v) is 2.96. The highest BCUT2D eigenvalue weighted by molar-refractivity contribution is 5.40. The largest absolute Gasteiger partial charge is 0.493 e. The number of fused-ring (bicyclic) bond motifs is 1. The van der Waals surface area contributed by atoms with Crippen molar-refractivity contribution >= 4 is 0 Å². The summed E-state index contributed by atoms with van der Waals surface area (Å²) in [5, 5.41) is 3.53. The first kappa shape index (κ1) is 13.9. The molecule has 0 aliphatic carbocycles. The van der Waals surface area contributed by atoms with E-state index in [4.69, 9.17) is 14.2 Å².